The highest BCUT2D eigenvalue weighted by Gasteiger charge is 2.44. The highest BCUT2D eigenvalue weighted by atomic mass is 16.7. The Morgan fingerprint density at radius 1 is 0.427 bits per heavy atom. The van der Waals surface area contributed by atoms with Crippen molar-refractivity contribution in [2.24, 2.45) is 0 Å². The van der Waals surface area contributed by atoms with Crippen LogP contribution in [0, 0.1) is 0 Å². The van der Waals surface area contributed by atoms with Crippen molar-refractivity contribution in [2.75, 3.05) is 13.2 Å². The van der Waals surface area contributed by atoms with E-state index in [1.54, 1.807) is 6.08 Å². The average molecular weight is 1150 g/mol. The summed E-state index contributed by atoms with van der Waals surface area (Å²) in [5.74, 6) is -0.183. The van der Waals surface area contributed by atoms with Gasteiger partial charge in [-0.25, -0.2) is 0 Å². The van der Waals surface area contributed by atoms with E-state index in [-0.39, 0.29) is 12.5 Å². The van der Waals surface area contributed by atoms with E-state index in [0.29, 0.717) is 6.42 Å². The van der Waals surface area contributed by atoms with Gasteiger partial charge in [-0.1, -0.05) is 317 Å². The van der Waals surface area contributed by atoms with Crippen molar-refractivity contribution in [3.8, 4) is 0 Å². The van der Waals surface area contributed by atoms with Crippen LogP contribution in [-0.2, 0) is 14.3 Å². The number of amides is 1. The molecule has 0 bridgehead atoms. The molecule has 0 aromatic heterocycles. The predicted octanol–water partition coefficient (Wildman–Crippen LogP) is 18.9. The number of carbonyl (C=O) groups is 1. The second kappa shape index (κ2) is 61.5. The third-order valence-electron chi connectivity index (χ3n) is 16.2. The molecule has 1 amide bonds. The van der Waals surface area contributed by atoms with E-state index in [2.05, 4.69) is 92.1 Å². The first-order valence-corrected chi connectivity index (χ1v) is 34.8. The minimum Gasteiger partial charge on any atom is -0.394 e. The van der Waals surface area contributed by atoms with Gasteiger partial charge in [0.25, 0.3) is 0 Å². The van der Waals surface area contributed by atoms with E-state index < -0.39 is 49.5 Å². The van der Waals surface area contributed by atoms with Crippen molar-refractivity contribution in [1.82, 2.24) is 5.32 Å². The van der Waals surface area contributed by atoms with Crippen LogP contribution in [0.15, 0.2) is 85.1 Å². The lowest BCUT2D eigenvalue weighted by Crippen LogP contribution is -2.60. The minimum absolute atomic E-state index is 0.183. The molecule has 7 unspecified atom stereocenters. The van der Waals surface area contributed by atoms with Crippen molar-refractivity contribution in [1.29, 1.82) is 0 Å². The van der Waals surface area contributed by atoms with Gasteiger partial charge in [0.2, 0.25) is 5.91 Å². The Bertz CT molecular complexity index is 1570. The largest absolute Gasteiger partial charge is 0.394 e. The molecule has 9 nitrogen and oxygen atoms in total. The third-order valence-corrected chi connectivity index (χ3v) is 16.2. The lowest BCUT2D eigenvalue weighted by molar-refractivity contribution is -0.302. The molecule has 1 fully saturated rings. The summed E-state index contributed by atoms with van der Waals surface area (Å²) in [6.07, 6.45) is 81.2. The number of nitrogens with one attached hydrogen (secondary N) is 1. The molecule has 0 saturated carbocycles. The van der Waals surface area contributed by atoms with Gasteiger partial charge in [0.1, 0.15) is 24.4 Å². The Morgan fingerprint density at radius 2 is 0.768 bits per heavy atom. The maximum absolute atomic E-state index is 13.1. The van der Waals surface area contributed by atoms with Crippen molar-refractivity contribution in [3.05, 3.63) is 85.1 Å². The second-order valence-electron chi connectivity index (χ2n) is 23.9. The van der Waals surface area contributed by atoms with Crippen molar-refractivity contribution in [3.63, 3.8) is 0 Å². The molecule has 1 aliphatic rings. The van der Waals surface area contributed by atoms with Gasteiger partial charge in [-0.2, -0.15) is 0 Å². The van der Waals surface area contributed by atoms with Gasteiger partial charge >= 0.3 is 0 Å². The molecule has 0 radical (unpaired) electrons. The van der Waals surface area contributed by atoms with Gasteiger partial charge in [-0.15, -0.1) is 0 Å². The molecule has 6 N–H and O–H groups in total. The van der Waals surface area contributed by atoms with Crippen LogP contribution in [0.25, 0.3) is 0 Å². The second-order valence-corrected chi connectivity index (χ2v) is 23.9. The zero-order valence-electron chi connectivity index (χ0n) is 53.2. The molecule has 1 aliphatic heterocycles. The summed E-state index contributed by atoms with van der Waals surface area (Å²) in [6, 6.07) is -0.825. The van der Waals surface area contributed by atoms with Crippen molar-refractivity contribution in [2.45, 2.75) is 358 Å². The topological polar surface area (TPSA) is 149 Å². The van der Waals surface area contributed by atoms with Gasteiger partial charge in [0, 0.05) is 6.42 Å². The fourth-order valence-corrected chi connectivity index (χ4v) is 10.8. The molecule has 7 atom stereocenters. The molecule has 82 heavy (non-hydrogen) atoms. The summed E-state index contributed by atoms with van der Waals surface area (Å²) in [4.78, 5) is 13.1. The number of rotatable bonds is 60. The summed E-state index contributed by atoms with van der Waals surface area (Å²) >= 11 is 0. The first kappa shape index (κ1) is 77.4. The van der Waals surface area contributed by atoms with Gasteiger partial charge < -0.3 is 40.3 Å². The molecule has 0 aromatic rings. The number of hydrogen-bond donors (Lipinski definition) is 6. The van der Waals surface area contributed by atoms with Gasteiger partial charge in [0.05, 0.1) is 25.4 Å². The van der Waals surface area contributed by atoms with E-state index >= 15 is 0 Å². The average Bonchev–Trinajstić information content (AvgIpc) is 3.59. The van der Waals surface area contributed by atoms with E-state index in [9.17, 15) is 30.3 Å². The normalized spacial score (nSPS) is 18.8. The van der Waals surface area contributed by atoms with E-state index in [1.807, 2.05) is 6.08 Å². The number of hydrogen-bond acceptors (Lipinski definition) is 8. The van der Waals surface area contributed by atoms with Gasteiger partial charge in [-0.3, -0.25) is 4.79 Å². The molecular formula is C73H131NO8. The van der Waals surface area contributed by atoms with Crippen LogP contribution < -0.4 is 5.32 Å². The van der Waals surface area contributed by atoms with Gasteiger partial charge in [-0.05, 0) is 77.0 Å². The number of allylic oxidation sites excluding steroid dienone is 13. The van der Waals surface area contributed by atoms with Crippen LogP contribution in [0.5, 0.6) is 0 Å². The van der Waals surface area contributed by atoms with Crippen LogP contribution in [0.2, 0.25) is 0 Å². The zero-order valence-corrected chi connectivity index (χ0v) is 53.2. The number of unbranched alkanes of at least 4 members (excludes halogenated alkanes) is 38. The van der Waals surface area contributed by atoms with Crippen LogP contribution >= 0.6 is 0 Å². The Balaban J connectivity index is 2.11. The van der Waals surface area contributed by atoms with Crippen molar-refractivity contribution >= 4 is 5.91 Å². The van der Waals surface area contributed by atoms with Crippen molar-refractivity contribution < 1.29 is 39.8 Å². The van der Waals surface area contributed by atoms with Crippen LogP contribution in [0.4, 0.5) is 0 Å². The minimum atomic E-state index is -1.57. The highest BCUT2D eigenvalue weighted by molar-refractivity contribution is 5.76. The molecular weight excluding hydrogens is 1020 g/mol. The standard InChI is InChI=1S/C73H131NO8/c1-3-5-7-9-11-13-15-17-19-21-23-25-27-28-29-30-31-32-33-34-35-36-37-38-39-40-41-43-45-47-49-51-53-55-57-59-61-63-69(77)74-66(65-81-73-72(80)71(79)70(78)68(64-75)82-73)67(76)62-60-58-56-54-52-50-48-46-44-42-26-24-22-20-18-16-14-12-10-8-6-4-2/h5,7,11,13,17,19,23,25,28-29,52,54,60,62,66-68,70-73,75-76,78-80H,3-4,6,8-10,12,14-16,18,20-22,24,26-27,30-51,53,55-59,61,63-65H2,1-2H3,(H,74,77)/b7-5-,13-11-,19-17-,25-23-,29-28-,54-52+,62-60+. The van der Waals surface area contributed by atoms with E-state index in [0.717, 1.165) is 70.6 Å². The predicted molar refractivity (Wildman–Crippen MR) is 350 cm³/mol. The Hall–Kier alpha value is -2.63. The highest BCUT2D eigenvalue weighted by Crippen LogP contribution is 2.23. The first-order valence-electron chi connectivity index (χ1n) is 34.8. The number of aliphatic hydroxyl groups excluding tert-OH is 5. The molecule has 0 aliphatic carbocycles. The summed E-state index contributed by atoms with van der Waals surface area (Å²) in [7, 11) is 0. The molecule has 476 valence electrons. The van der Waals surface area contributed by atoms with Crippen LogP contribution in [0.3, 0.4) is 0 Å². The summed E-state index contributed by atoms with van der Waals surface area (Å²) < 4.78 is 11.3. The lowest BCUT2D eigenvalue weighted by Gasteiger charge is -2.40. The molecule has 1 rings (SSSR count). The molecule has 1 heterocycles. The first-order chi connectivity index (χ1) is 40.3. The third kappa shape index (κ3) is 49.6. The summed E-state index contributed by atoms with van der Waals surface area (Å²) in [6.45, 7) is 3.68. The molecule has 9 heteroatoms. The zero-order chi connectivity index (χ0) is 59.3. The smallest absolute Gasteiger partial charge is 0.220 e. The number of carbonyl (C=O) groups excluding carboxylic acids is 1. The fraction of sp³-hybridized carbons (Fsp3) is 0.795. The Kier molecular flexibility index (Phi) is 58.0. The maximum atomic E-state index is 13.1. The SMILES string of the molecule is CC/C=C\C/C=C\C/C=C\C/C=C\C/C=C\CCCCCCCCCCCCCCCCCCCCCCCC(=O)NC(COC1OC(CO)C(O)C(O)C1O)C(O)/C=C/CC/C=C/CCCCCCCCCCCCCCCCCC. The fourth-order valence-electron chi connectivity index (χ4n) is 10.8. The lowest BCUT2D eigenvalue weighted by atomic mass is 9.99. The molecule has 1 saturated heterocycles. The monoisotopic (exact) mass is 1150 g/mol. The summed E-state index contributed by atoms with van der Waals surface area (Å²) in [5.41, 5.74) is 0. The Morgan fingerprint density at radius 3 is 1.17 bits per heavy atom. The quantitative estimate of drug-likeness (QED) is 0.0261. The van der Waals surface area contributed by atoms with E-state index in [4.69, 9.17) is 9.47 Å². The maximum Gasteiger partial charge on any atom is 0.220 e. The number of aliphatic hydroxyl groups is 5. The molecule has 0 spiro atoms. The van der Waals surface area contributed by atoms with Crippen LogP contribution in [-0.4, -0.2) is 87.5 Å². The van der Waals surface area contributed by atoms with Crippen LogP contribution in [0.1, 0.15) is 316 Å². The number of ether oxygens (including phenoxy) is 2. The van der Waals surface area contributed by atoms with E-state index in [1.165, 1.54) is 225 Å². The summed E-state index contributed by atoms with van der Waals surface area (Å²) in [5, 5.41) is 54.7. The Labute approximate surface area is 505 Å². The molecule has 0 aromatic carbocycles. The van der Waals surface area contributed by atoms with Gasteiger partial charge in [0.15, 0.2) is 6.29 Å².